The Kier molecular flexibility index (Phi) is 4.40. The van der Waals surface area contributed by atoms with Crippen molar-refractivity contribution in [2.45, 2.75) is 38.9 Å². The summed E-state index contributed by atoms with van der Waals surface area (Å²) in [5.41, 5.74) is -0.888. The third-order valence-electron chi connectivity index (χ3n) is 4.87. The molecule has 1 aromatic carbocycles. The Labute approximate surface area is 164 Å². The van der Waals surface area contributed by atoms with Crippen LogP contribution in [0.1, 0.15) is 26.1 Å². The maximum atomic E-state index is 14.5. The summed E-state index contributed by atoms with van der Waals surface area (Å²) in [7, 11) is 0. The van der Waals surface area contributed by atoms with E-state index in [-0.39, 0.29) is 11.1 Å². The van der Waals surface area contributed by atoms with Crippen molar-refractivity contribution in [1.82, 2.24) is 19.3 Å². The van der Waals surface area contributed by atoms with Crippen molar-refractivity contribution >= 4 is 5.84 Å². The van der Waals surface area contributed by atoms with Gasteiger partial charge >= 0.3 is 0 Å². The highest BCUT2D eigenvalue weighted by atomic mass is 19.1. The van der Waals surface area contributed by atoms with Crippen LogP contribution in [0.2, 0.25) is 0 Å². The average Bonchev–Trinajstić information content (AvgIpc) is 3.22. The molecule has 4 rings (SSSR count). The van der Waals surface area contributed by atoms with Gasteiger partial charge in [0.05, 0.1) is 5.69 Å². The van der Waals surface area contributed by atoms with Gasteiger partial charge in [0.25, 0.3) is 0 Å². The summed E-state index contributed by atoms with van der Waals surface area (Å²) < 4.78 is 45.0. The molecule has 0 spiro atoms. The van der Waals surface area contributed by atoms with Crippen LogP contribution >= 0.6 is 0 Å². The van der Waals surface area contributed by atoms with Gasteiger partial charge in [-0.2, -0.15) is 9.78 Å². The smallest absolute Gasteiger partial charge is 0.164 e. The molecule has 0 unspecified atom stereocenters. The quantitative estimate of drug-likeness (QED) is 0.519. The number of fused-ring (bicyclic) bond motifs is 1. The van der Waals surface area contributed by atoms with Gasteiger partial charge in [-0.1, -0.05) is 0 Å². The largest absolute Gasteiger partial charge is 0.326 e. The standard InChI is InChI=1S/C20H19F3N6/c1-20(2,23)19(25)29-15(24)8-7-14(27-29)18-17(26-16-4-3-9-28(16)18)12-6-5-11(21)10-13(12)22/h5-8,10,24-25H,3-4,9H2,1-2H3. The number of nitrogens with zero attached hydrogens (tertiary/aromatic N) is 4. The van der Waals surface area contributed by atoms with Gasteiger partial charge in [-0.25, -0.2) is 18.2 Å². The molecule has 0 bridgehead atoms. The first-order chi connectivity index (χ1) is 13.7. The zero-order valence-corrected chi connectivity index (χ0v) is 15.9. The van der Waals surface area contributed by atoms with Gasteiger partial charge in [-0.15, -0.1) is 0 Å². The average molecular weight is 400 g/mol. The first-order valence-corrected chi connectivity index (χ1v) is 9.15. The number of hydrogen-bond acceptors (Lipinski definition) is 4. The minimum absolute atomic E-state index is 0.132. The fourth-order valence-corrected chi connectivity index (χ4v) is 3.43. The Morgan fingerprint density at radius 2 is 1.93 bits per heavy atom. The predicted octanol–water partition coefficient (Wildman–Crippen LogP) is 3.69. The van der Waals surface area contributed by atoms with Crippen LogP contribution in [0, 0.1) is 22.5 Å². The van der Waals surface area contributed by atoms with Crippen molar-refractivity contribution in [2.24, 2.45) is 0 Å². The SMILES string of the molecule is CC(C)(F)C(=N)n1nc(-c2c(-c3ccc(F)cc3F)nc3n2CCC3)ccc1=N. The van der Waals surface area contributed by atoms with E-state index in [4.69, 9.17) is 10.8 Å². The van der Waals surface area contributed by atoms with E-state index in [0.717, 1.165) is 29.1 Å². The molecule has 0 amide bonds. The molecular weight excluding hydrogens is 381 g/mol. The Balaban J connectivity index is 1.95. The molecule has 9 heteroatoms. The highest BCUT2D eigenvalue weighted by Crippen LogP contribution is 2.35. The minimum atomic E-state index is -2.00. The molecule has 0 saturated heterocycles. The Morgan fingerprint density at radius 1 is 1.17 bits per heavy atom. The first kappa shape index (κ1) is 19.1. The van der Waals surface area contributed by atoms with Crippen molar-refractivity contribution in [3.8, 4) is 22.6 Å². The van der Waals surface area contributed by atoms with Crippen molar-refractivity contribution < 1.29 is 13.2 Å². The molecular formula is C20H19F3N6. The summed E-state index contributed by atoms with van der Waals surface area (Å²) in [6.45, 7) is 3.08. The van der Waals surface area contributed by atoms with E-state index >= 15 is 0 Å². The lowest BCUT2D eigenvalue weighted by Crippen LogP contribution is -2.40. The molecule has 0 fully saturated rings. The van der Waals surface area contributed by atoms with E-state index in [9.17, 15) is 13.2 Å². The van der Waals surface area contributed by atoms with Gasteiger partial charge in [-0.05, 0) is 44.5 Å². The van der Waals surface area contributed by atoms with Crippen LogP contribution in [-0.2, 0) is 13.0 Å². The van der Waals surface area contributed by atoms with E-state index in [0.29, 0.717) is 30.0 Å². The molecule has 150 valence electrons. The number of halogens is 3. The van der Waals surface area contributed by atoms with Crippen LogP contribution in [0.4, 0.5) is 13.2 Å². The van der Waals surface area contributed by atoms with E-state index < -0.39 is 23.1 Å². The second kappa shape index (κ2) is 6.68. The second-order valence-electron chi connectivity index (χ2n) is 7.44. The molecule has 1 aliphatic heterocycles. The van der Waals surface area contributed by atoms with Crippen LogP contribution < -0.4 is 5.49 Å². The van der Waals surface area contributed by atoms with Gasteiger partial charge in [0.2, 0.25) is 0 Å². The maximum absolute atomic E-state index is 14.5. The van der Waals surface area contributed by atoms with Gasteiger partial charge in [0.1, 0.15) is 34.3 Å². The van der Waals surface area contributed by atoms with Crippen molar-refractivity contribution in [3.05, 3.63) is 53.3 Å². The number of aryl methyl sites for hydroxylation is 1. The van der Waals surface area contributed by atoms with Crippen LogP contribution in [0.5, 0.6) is 0 Å². The molecule has 0 atom stereocenters. The highest BCUT2D eigenvalue weighted by Gasteiger charge is 2.28. The zero-order valence-electron chi connectivity index (χ0n) is 15.9. The number of hydrogen-bond donors (Lipinski definition) is 2. The normalized spacial score (nSPS) is 13.6. The maximum Gasteiger partial charge on any atom is 0.164 e. The Bertz CT molecular complexity index is 1190. The van der Waals surface area contributed by atoms with E-state index in [1.54, 1.807) is 6.07 Å². The number of benzene rings is 1. The monoisotopic (exact) mass is 400 g/mol. The third-order valence-corrected chi connectivity index (χ3v) is 4.87. The van der Waals surface area contributed by atoms with Crippen molar-refractivity contribution in [1.29, 1.82) is 10.8 Å². The number of rotatable bonds is 3. The fourth-order valence-electron chi connectivity index (χ4n) is 3.43. The predicted molar refractivity (Wildman–Crippen MR) is 101 cm³/mol. The number of aromatic nitrogens is 4. The van der Waals surface area contributed by atoms with Crippen LogP contribution in [0.25, 0.3) is 22.6 Å². The second-order valence-corrected chi connectivity index (χ2v) is 7.44. The summed E-state index contributed by atoms with van der Waals surface area (Å²) >= 11 is 0. The molecule has 3 heterocycles. The molecule has 0 saturated carbocycles. The topological polar surface area (TPSA) is 83.3 Å². The summed E-state index contributed by atoms with van der Waals surface area (Å²) in [5.74, 6) is -1.17. The summed E-state index contributed by atoms with van der Waals surface area (Å²) in [4.78, 5) is 4.55. The fraction of sp³-hybridized carbons (Fsp3) is 0.300. The third kappa shape index (κ3) is 3.26. The van der Waals surface area contributed by atoms with Gasteiger partial charge in [-0.3, -0.25) is 10.8 Å². The Morgan fingerprint density at radius 3 is 2.62 bits per heavy atom. The van der Waals surface area contributed by atoms with Gasteiger partial charge < -0.3 is 4.57 Å². The molecule has 2 N–H and O–H groups in total. The number of imidazole rings is 1. The number of alkyl halides is 1. The van der Waals surface area contributed by atoms with Gasteiger partial charge in [0.15, 0.2) is 11.5 Å². The summed E-state index contributed by atoms with van der Waals surface area (Å²) in [6, 6.07) is 6.25. The zero-order chi connectivity index (χ0) is 20.9. The molecule has 0 aliphatic carbocycles. The van der Waals surface area contributed by atoms with E-state index in [1.807, 2.05) is 4.57 Å². The Hall–Kier alpha value is -3.23. The van der Waals surface area contributed by atoms with Crippen LogP contribution in [0.15, 0.2) is 30.3 Å². The lowest BCUT2D eigenvalue weighted by Gasteiger charge is -2.18. The highest BCUT2D eigenvalue weighted by molar-refractivity contribution is 5.88. The molecule has 0 radical (unpaired) electrons. The van der Waals surface area contributed by atoms with Gasteiger partial charge in [0, 0.05) is 24.6 Å². The number of nitrogens with one attached hydrogen (secondary N) is 2. The summed E-state index contributed by atoms with van der Waals surface area (Å²) in [5, 5.41) is 20.4. The molecule has 2 aromatic heterocycles. The lowest BCUT2D eigenvalue weighted by molar-refractivity contribution is 0.302. The molecule has 29 heavy (non-hydrogen) atoms. The molecule has 6 nitrogen and oxygen atoms in total. The first-order valence-electron chi connectivity index (χ1n) is 9.15. The van der Waals surface area contributed by atoms with Crippen LogP contribution in [0.3, 0.4) is 0 Å². The van der Waals surface area contributed by atoms with E-state index in [2.05, 4.69) is 10.1 Å². The lowest BCUT2D eigenvalue weighted by atomic mass is 10.1. The van der Waals surface area contributed by atoms with E-state index in [1.165, 1.54) is 26.0 Å². The minimum Gasteiger partial charge on any atom is -0.326 e. The van der Waals surface area contributed by atoms with Crippen LogP contribution in [-0.4, -0.2) is 30.8 Å². The van der Waals surface area contributed by atoms with Crippen molar-refractivity contribution in [2.75, 3.05) is 0 Å². The summed E-state index contributed by atoms with van der Waals surface area (Å²) in [6.07, 6.45) is 1.57. The van der Waals surface area contributed by atoms with Crippen molar-refractivity contribution in [3.63, 3.8) is 0 Å². The molecule has 1 aliphatic rings. The molecule has 3 aromatic rings.